The summed E-state index contributed by atoms with van der Waals surface area (Å²) in [6.45, 7) is 0. The van der Waals surface area contributed by atoms with Gasteiger partial charge in [-0.05, 0) is 51.4 Å². The average Bonchev–Trinajstić information content (AvgIpc) is 2.83. The number of aromatic hydroxyl groups is 1. The summed E-state index contributed by atoms with van der Waals surface area (Å²) in [4.78, 5) is 24.5. The second kappa shape index (κ2) is 7.67. The van der Waals surface area contributed by atoms with Crippen molar-refractivity contribution in [2.45, 2.75) is 0 Å². The molecule has 4 aromatic carbocycles. The van der Waals surface area contributed by atoms with E-state index in [1.165, 1.54) is 6.07 Å². The molecule has 0 bridgehead atoms. The topological polar surface area (TPSA) is 74.6 Å². The van der Waals surface area contributed by atoms with E-state index in [4.69, 9.17) is 0 Å². The molecule has 0 fully saturated rings. The Labute approximate surface area is 184 Å². The number of ketones is 1. The lowest BCUT2D eigenvalue weighted by Gasteiger charge is -2.21. The normalized spacial score (nSPS) is 14.3. The predicted octanol–water partition coefficient (Wildman–Crippen LogP) is 5.96. The largest absolute Gasteiger partial charge is 0.506 e. The van der Waals surface area contributed by atoms with E-state index in [1.807, 2.05) is 60.7 Å². The molecule has 0 aromatic heterocycles. The fourth-order valence-corrected chi connectivity index (χ4v) is 4.28. The number of carboxylic acids is 1. The summed E-state index contributed by atoms with van der Waals surface area (Å²) < 4.78 is 0. The molecule has 0 atom stereocenters. The van der Waals surface area contributed by atoms with Crippen molar-refractivity contribution in [1.29, 1.82) is 0 Å². The van der Waals surface area contributed by atoms with Crippen molar-refractivity contribution in [3.05, 3.63) is 125 Å². The first kappa shape index (κ1) is 19.5. The van der Waals surface area contributed by atoms with Gasteiger partial charge in [-0.25, -0.2) is 4.79 Å². The van der Waals surface area contributed by atoms with Gasteiger partial charge in [0.25, 0.3) is 0 Å². The van der Waals surface area contributed by atoms with Gasteiger partial charge >= 0.3 is 5.97 Å². The van der Waals surface area contributed by atoms with Crippen LogP contribution in [0.15, 0.2) is 97.1 Å². The number of benzene rings is 4. The minimum Gasteiger partial charge on any atom is -0.506 e. The lowest BCUT2D eigenvalue weighted by molar-refractivity contribution is 0.0693. The molecule has 0 saturated heterocycles. The van der Waals surface area contributed by atoms with E-state index in [2.05, 4.69) is 0 Å². The average molecular weight is 418 g/mol. The Hall–Kier alpha value is -4.44. The lowest BCUT2D eigenvalue weighted by atomic mass is 9.82. The Balaban J connectivity index is 1.96. The number of carboxylic acid groups (broad SMARTS) is 1. The van der Waals surface area contributed by atoms with Crippen LogP contribution in [0.3, 0.4) is 0 Å². The maximum Gasteiger partial charge on any atom is 0.339 e. The van der Waals surface area contributed by atoms with Crippen LogP contribution in [0, 0.1) is 0 Å². The highest BCUT2D eigenvalue weighted by Crippen LogP contribution is 2.42. The van der Waals surface area contributed by atoms with Gasteiger partial charge in [0.2, 0.25) is 0 Å². The van der Waals surface area contributed by atoms with Gasteiger partial charge < -0.3 is 10.2 Å². The van der Waals surface area contributed by atoms with Crippen molar-refractivity contribution < 1.29 is 19.8 Å². The summed E-state index contributed by atoms with van der Waals surface area (Å²) in [7, 11) is 0. The van der Waals surface area contributed by atoms with Crippen LogP contribution in [0.1, 0.15) is 37.4 Å². The zero-order chi connectivity index (χ0) is 22.2. The van der Waals surface area contributed by atoms with Crippen LogP contribution >= 0.6 is 0 Å². The SMILES string of the molecule is O=C1C=CC(=C(c2ccccc2)c2cc(C(=O)O)c(O)c3ccccc23)c2ccccc21. The van der Waals surface area contributed by atoms with E-state index in [0.717, 1.165) is 27.7 Å². The highest BCUT2D eigenvalue weighted by molar-refractivity contribution is 6.19. The molecular weight excluding hydrogens is 400 g/mol. The van der Waals surface area contributed by atoms with Gasteiger partial charge in [-0.15, -0.1) is 0 Å². The van der Waals surface area contributed by atoms with Crippen molar-refractivity contribution in [2.24, 2.45) is 0 Å². The Morgan fingerprint density at radius 3 is 2.03 bits per heavy atom. The number of carbonyl (C=O) groups is 2. The molecule has 4 aromatic rings. The predicted molar refractivity (Wildman–Crippen MR) is 125 cm³/mol. The lowest BCUT2D eigenvalue weighted by Crippen LogP contribution is -2.07. The molecule has 0 amide bonds. The molecule has 4 heteroatoms. The third-order valence-corrected chi connectivity index (χ3v) is 5.73. The summed E-state index contributed by atoms with van der Waals surface area (Å²) in [5.74, 6) is -1.54. The number of hydrogen-bond acceptors (Lipinski definition) is 3. The fraction of sp³-hybridized carbons (Fsp3) is 0. The van der Waals surface area contributed by atoms with E-state index < -0.39 is 5.97 Å². The fourth-order valence-electron chi connectivity index (χ4n) is 4.28. The maximum absolute atomic E-state index is 12.5. The van der Waals surface area contributed by atoms with Crippen LogP contribution in [0.2, 0.25) is 0 Å². The van der Waals surface area contributed by atoms with E-state index in [1.54, 1.807) is 30.4 Å². The third kappa shape index (κ3) is 3.10. The van der Waals surface area contributed by atoms with Gasteiger partial charge in [-0.2, -0.15) is 0 Å². The molecule has 2 N–H and O–H groups in total. The van der Waals surface area contributed by atoms with Gasteiger partial charge in [0.1, 0.15) is 11.3 Å². The molecule has 1 aliphatic rings. The summed E-state index contributed by atoms with van der Waals surface area (Å²) in [5, 5.41) is 21.6. The summed E-state index contributed by atoms with van der Waals surface area (Å²) >= 11 is 0. The number of aromatic carboxylic acids is 1. The first-order valence-electron chi connectivity index (χ1n) is 10.2. The molecule has 32 heavy (non-hydrogen) atoms. The first-order chi connectivity index (χ1) is 15.6. The molecule has 5 rings (SSSR count). The van der Waals surface area contributed by atoms with E-state index >= 15 is 0 Å². The van der Waals surface area contributed by atoms with Crippen molar-refractivity contribution in [3.63, 3.8) is 0 Å². The molecule has 0 spiro atoms. The van der Waals surface area contributed by atoms with Gasteiger partial charge in [0.05, 0.1) is 0 Å². The number of phenols is 1. The minimum atomic E-state index is -1.21. The van der Waals surface area contributed by atoms with Crippen molar-refractivity contribution in [1.82, 2.24) is 0 Å². The third-order valence-electron chi connectivity index (χ3n) is 5.73. The standard InChI is InChI=1S/C28H18O4/c29-25-15-14-21(18-10-4-6-12-20(18)25)26(17-8-2-1-3-9-17)23-16-24(28(31)32)27(30)22-13-7-5-11-19(22)23/h1-16,30H,(H,31,32). The number of allylic oxidation sites excluding steroid dienone is 3. The first-order valence-corrected chi connectivity index (χ1v) is 10.2. The maximum atomic E-state index is 12.5. The van der Waals surface area contributed by atoms with Crippen LogP contribution in [0.4, 0.5) is 0 Å². The Bertz CT molecular complexity index is 1460. The van der Waals surface area contributed by atoms with Gasteiger partial charge in [-0.3, -0.25) is 4.79 Å². The van der Waals surface area contributed by atoms with Crippen molar-refractivity contribution in [2.75, 3.05) is 0 Å². The summed E-state index contributed by atoms with van der Waals surface area (Å²) in [6.07, 6.45) is 3.33. The van der Waals surface area contributed by atoms with Crippen molar-refractivity contribution in [3.8, 4) is 5.75 Å². The van der Waals surface area contributed by atoms with Gasteiger partial charge in [0, 0.05) is 10.9 Å². The summed E-state index contributed by atoms with van der Waals surface area (Å²) in [5.41, 5.74) is 4.37. The van der Waals surface area contributed by atoms with Crippen molar-refractivity contribution >= 4 is 33.7 Å². The van der Waals surface area contributed by atoms with E-state index in [-0.39, 0.29) is 17.1 Å². The number of fused-ring (bicyclic) bond motifs is 2. The van der Waals surface area contributed by atoms with Crippen LogP contribution in [-0.2, 0) is 0 Å². The van der Waals surface area contributed by atoms with Crippen LogP contribution in [-0.4, -0.2) is 22.0 Å². The van der Waals surface area contributed by atoms with E-state index in [0.29, 0.717) is 16.5 Å². The Morgan fingerprint density at radius 1 is 0.688 bits per heavy atom. The molecule has 0 saturated carbocycles. The monoisotopic (exact) mass is 418 g/mol. The summed E-state index contributed by atoms with van der Waals surface area (Å²) in [6, 6.07) is 25.8. The van der Waals surface area contributed by atoms with Gasteiger partial charge in [0.15, 0.2) is 5.78 Å². The molecule has 1 aliphatic carbocycles. The van der Waals surface area contributed by atoms with Crippen LogP contribution in [0.5, 0.6) is 5.75 Å². The Morgan fingerprint density at radius 2 is 1.31 bits per heavy atom. The highest BCUT2D eigenvalue weighted by atomic mass is 16.4. The molecule has 4 nitrogen and oxygen atoms in total. The van der Waals surface area contributed by atoms with Gasteiger partial charge in [-0.1, -0.05) is 78.9 Å². The number of hydrogen-bond donors (Lipinski definition) is 2. The zero-order valence-electron chi connectivity index (χ0n) is 16.9. The molecule has 0 aliphatic heterocycles. The molecule has 0 unspecified atom stereocenters. The molecule has 154 valence electrons. The zero-order valence-corrected chi connectivity index (χ0v) is 16.9. The molecular formula is C28H18O4. The minimum absolute atomic E-state index is 0.0708. The Kier molecular flexibility index (Phi) is 4.68. The second-order valence-electron chi connectivity index (χ2n) is 7.57. The smallest absolute Gasteiger partial charge is 0.339 e. The number of carbonyl (C=O) groups excluding carboxylic acids is 1. The van der Waals surface area contributed by atoms with E-state index in [9.17, 15) is 19.8 Å². The van der Waals surface area contributed by atoms with Crippen LogP contribution < -0.4 is 0 Å². The quantitative estimate of drug-likeness (QED) is 0.431. The highest BCUT2D eigenvalue weighted by Gasteiger charge is 2.24. The molecule has 0 radical (unpaired) electrons. The molecule has 0 heterocycles. The van der Waals surface area contributed by atoms with Crippen LogP contribution in [0.25, 0.3) is 21.9 Å². The number of rotatable bonds is 3. The second-order valence-corrected chi connectivity index (χ2v) is 7.57.